The number of phenols is 1. The Bertz CT molecular complexity index is 742. The molecule has 6 N–H and O–H groups in total. The third-order valence-electron chi connectivity index (χ3n) is 2.97. The molecule has 0 aliphatic carbocycles. The van der Waals surface area contributed by atoms with Crippen molar-refractivity contribution in [1.29, 1.82) is 5.41 Å². The van der Waals surface area contributed by atoms with Crippen molar-refractivity contribution < 1.29 is 19.4 Å². The Morgan fingerprint density at radius 3 is 2.73 bits per heavy atom. The van der Waals surface area contributed by atoms with Crippen LogP contribution in [0.3, 0.4) is 0 Å². The highest BCUT2D eigenvalue weighted by molar-refractivity contribution is 6.03. The summed E-state index contributed by atoms with van der Waals surface area (Å²) in [6.07, 6.45) is 2.74. The maximum atomic E-state index is 11.7. The fraction of sp³-hybridized carbons (Fsp3) is 0.250. The second kappa shape index (κ2) is 9.67. The first-order valence-electron chi connectivity index (χ1n) is 7.45. The van der Waals surface area contributed by atoms with Gasteiger partial charge in [-0.05, 0) is 23.8 Å². The number of nitrogens with two attached hydrogens (primary N) is 1. The van der Waals surface area contributed by atoms with Gasteiger partial charge in [0.2, 0.25) is 23.7 Å². The molecular formula is C16H22N6O4. The number of carbonyl (C=O) groups excluding carboxylic acids is 2. The number of benzene rings is 1. The molecular weight excluding hydrogens is 340 g/mol. The minimum absolute atomic E-state index is 0.00706. The van der Waals surface area contributed by atoms with E-state index in [1.165, 1.54) is 30.2 Å². The topological polar surface area (TPSA) is 153 Å². The highest BCUT2D eigenvalue weighted by Gasteiger charge is 2.06. The van der Waals surface area contributed by atoms with Crippen LogP contribution in [0.1, 0.15) is 5.56 Å². The summed E-state index contributed by atoms with van der Waals surface area (Å²) in [6.45, 7) is -0.312. The molecule has 0 radical (unpaired) electrons. The van der Waals surface area contributed by atoms with Crippen molar-refractivity contribution >= 4 is 29.8 Å². The Kier molecular flexibility index (Phi) is 7.62. The fourth-order valence-electron chi connectivity index (χ4n) is 1.63. The lowest BCUT2D eigenvalue weighted by Gasteiger charge is -2.10. The van der Waals surface area contributed by atoms with Crippen molar-refractivity contribution in [3.8, 4) is 11.5 Å². The number of hydrogen-bond donors (Lipinski definition) is 5. The van der Waals surface area contributed by atoms with Gasteiger partial charge in [-0.1, -0.05) is 6.07 Å². The van der Waals surface area contributed by atoms with Gasteiger partial charge in [-0.25, -0.2) is 0 Å². The molecule has 0 saturated carbocycles. The Morgan fingerprint density at radius 1 is 1.42 bits per heavy atom. The number of guanidine groups is 2. The van der Waals surface area contributed by atoms with E-state index < -0.39 is 11.8 Å². The van der Waals surface area contributed by atoms with E-state index in [9.17, 15) is 14.7 Å². The van der Waals surface area contributed by atoms with Crippen LogP contribution >= 0.6 is 0 Å². The molecule has 2 amide bonds. The average Bonchev–Trinajstić information content (AvgIpc) is 2.58. The van der Waals surface area contributed by atoms with Crippen LogP contribution in [-0.4, -0.2) is 61.5 Å². The van der Waals surface area contributed by atoms with Gasteiger partial charge in [0.1, 0.15) is 0 Å². The summed E-state index contributed by atoms with van der Waals surface area (Å²) in [7, 11) is 4.64. The lowest BCUT2D eigenvalue weighted by molar-refractivity contribution is -0.123. The number of hydrogen-bond acceptors (Lipinski definition) is 5. The first-order valence-corrected chi connectivity index (χ1v) is 7.45. The van der Waals surface area contributed by atoms with E-state index in [2.05, 4.69) is 15.6 Å². The summed E-state index contributed by atoms with van der Waals surface area (Å²) < 4.78 is 4.97. The van der Waals surface area contributed by atoms with E-state index in [4.69, 9.17) is 15.9 Å². The number of ether oxygens (including phenoxy) is 1. The minimum Gasteiger partial charge on any atom is -0.504 e. The number of aliphatic imine (C=N–C) groups is 1. The number of methoxy groups -OCH3 is 1. The number of nitrogens with one attached hydrogen (secondary N) is 3. The lowest BCUT2D eigenvalue weighted by Crippen LogP contribution is -2.43. The van der Waals surface area contributed by atoms with E-state index in [1.54, 1.807) is 26.2 Å². The number of rotatable bonds is 5. The molecule has 1 aromatic carbocycles. The molecule has 0 spiro atoms. The van der Waals surface area contributed by atoms with Crippen molar-refractivity contribution in [2.75, 3.05) is 27.7 Å². The van der Waals surface area contributed by atoms with Crippen molar-refractivity contribution in [2.45, 2.75) is 0 Å². The summed E-state index contributed by atoms with van der Waals surface area (Å²) in [4.78, 5) is 28.5. The van der Waals surface area contributed by atoms with Crippen molar-refractivity contribution in [2.24, 2.45) is 10.7 Å². The maximum Gasteiger partial charge on any atom is 0.246 e. The molecule has 0 aliphatic heterocycles. The summed E-state index contributed by atoms with van der Waals surface area (Å²) in [5.74, 6) is -1.17. The van der Waals surface area contributed by atoms with Gasteiger partial charge in [0.25, 0.3) is 0 Å². The molecule has 0 aromatic heterocycles. The Balaban J connectivity index is 2.51. The van der Waals surface area contributed by atoms with Gasteiger partial charge in [-0.15, -0.1) is 0 Å². The Morgan fingerprint density at radius 2 is 2.12 bits per heavy atom. The predicted octanol–water partition coefficient (Wildman–Crippen LogP) is -0.543. The van der Waals surface area contributed by atoms with Crippen LogP contribution in [0.2, 0.25) is 0 Å². The van der Waals surface area contributed by atoms with Gasteiger partial charge in [-0.2, -0.15) is 4.99 Å². The van der Waals surface area contributed by atoms with Crippen LogP contribution in [0.4, 0.5) is 0 Å². The molecule has 26 heavy (non-hydrogen) atoms. The zero-order valence-electron chi connectivity index (χ0n) is 14.7. The number of amides is 2. The normalized spacial score (nSPS) is 11.1. The first kappa shape index (κ1) is 20.5. The lowest BCUT2D eigenvalue weighted by atomic mass is 10.2. The molecule has 0 bridgehead atoms. The monoisotopic (exact) mass is 362 g/mol. The molecule has 10 heteroatoms. The molecule has 1 aromatic rings. The minimum atomic E-state index is -0.578. The van der Waals surface area contributed by atoms with E-state index in [0.29, 0.717) is 5.56 Å². The van der Waals surface area contributed by atoms with Gasteiger partial charge >= 0.3 is 0 Å². The second-order valence-corrected chi connectivity index (χ2v) is 5.25. The van der Waals surface area contributed by atoms with E-state index in [-0.39, 0.29) is 30.0 Å². The van der Waals surface area contributed by atoms with Crippen molar-refractivity contribution in [1.82, 2.24) is 15.5 Å². The highest BCUT2D eigenvalue weighted by atomic mass is 16.5. The fourth-order valence-corrected chi connectivity index (χ4v) is 1.63. The third kappa shape index (κ3) is 6.91. The Labute approximate surface area is 150 Å². The van der Waals surface area contributed by atoms with E-state index in [0.717, 1.165) is 0 Å². The third-order valence-corrected chi connectivity index (χ3v) is 2.97. The SMILES string of the molecule is COc1cc(C=CC(=O)NCC(=O)NC(N)=NC(=N)N(C)C)ccc1O. The molecule has 0 unspecified atom stereocenters. The zero-order chi connectivity index (χ0) is 19.7. The van der Waals surface area contributed by atoms with Crippen LogP contribution in [0.25, 0.3) is 6.08 Å². The maximum absolute atomic E-state index is 11.7. The standard InChI is InChI=1S/C16H22N6O4/c1-22(2)16(18)21-15(17)20-14(25)9-19-13(24)7-5-10-4-6-11(23)12(8-10)26-3/h4-8,23H,9H2,1-3H3,(H,19,24)(H4,17,18,20,21,25). The summed E-state index contributed by atoms with van der Waals surface area (Å²) in [6, 6.07) is 4.60. The Hall–Kier alpha value is -3.56. The van der Waals surface area contributed by atoms with Crippen LogP contribution in [-0.2, 0) is 9.59 Å². The smallest absolute Gasteiger partial charge is 0.246 e. The van der Waals surface area contributed by atoms with Gasteiger partial charge in [0, 0.05) is 20.2 Å². The quantitative estimate of drug-likeness (QED) is 0.269. The molecule has 140 valence electrons. The number of aromatic hydroxyl groups is 1. The van der Waals surface area contributed by atoms with Gasteiger partial charge < -0.3 is 25.8 Å². The molecule has 0 aliphatic rings. The zero-order valence-corrected chi connectivity index (χ0v) is 14.7. The summed E-state index contributed by atoms with van der Waals surface area (Å²) in [5.41, 5.74) is 6.12. The number of phenolic OH excluding ortho intramolecular Hbond substituents is 1. The van der Waals surface area contributed by atoms with Crippen molar-refractivity contribution in [3.63, 3.8) is 0 Å². The van der Waals surface area contributed by atoms with Gasteiger partial charge in [-0.3, -0.25) is 20.3 Å². The van der Waals surface area contributed by atoms with Crippen LogP contribution < -0.4 is 21.1 Å². The predicted molar refractivity (Wildman–Crippen MR) is 97.9 cm³/mol. The van der Waals surface area contributed by atoms with Gasteiger partial charge in [0.05, 0.1) is 13.7 Å². The van der Waals surface area contributed by atoms with Crippen LogP contribution in [0.5, 0.6) is 11.5 Å². The van der Waals surface area contributed by atoms with Crippen molar-refractivity contribution in [3.05, 3.63) is 29.8 Å². The van der Waals surface area contributed by atoms with Gasteiger partial charge in [0.15, 0.2) is 11.5 Å². The van der Waals surface area contributed by atoms with E-state index in [1.807, 2.05) is 0 Å². The summed E-state index contributed by atoms with van der Waals surface area (Å²) in [5, 5.41) is 21.6. The molecule has 0 atom stereocenters. The highest BCUT2D eigenvalue weighted by Crippen LogP contribution is 2.26. The van der Waals surface area contributed by atoms with Crippen LogP contribution in [0.15, 0.2) is 29.3 Å². The second-order valence-electron chi connectivity index (χ2n) is 5.25. The number of nitrogens with zero attached hydrogens (tertiary/aromatic N) is 2. The molecule has 0 saturated heterocycles. The number of carbonyl (C=O) groups is 2. The molecule has 10 nitrogen and oxygen atoms in total. The molecule has 0 fully saturated rings. The molecule has 0 heterocycles. The average molecular weight is 362 g/mol. The molecule has 1 rings (SSSR count). The van der Waals surface area contributed by atoms with E-state index >= 15 is 0 Å². The van der Waals surface area contributed by atoms with Crippen LogP contribution in [0, 0.1) is 5.41 Å². The largest absolute Gasteiger partial charge is 0.504 e. The first-order chi connectivity index (χ1) is 12.2. The summed E-state index contributed by atoms with van der Waals surface area (Å²) >= 11 is 0.